The highest BCUT2D eigenvalue weighted by Gasteiger charge is 2.21. The predicted octanol–water partition coefficient (Wildman–Crippen LogP) is 10.3. The van der Waals surface area contributed by atoms with Crippen LogP contribution in [0.4, 0.5) is 0 Å². The first-order valence-electron chi connectivity index (χ1n) is 22.3. The lowest BCUT2D eigenvalue weighted by Crippen LogP contribution is -2.44. The number of carboxylic acid groups (broad SMARTS) is 1. The Morgan fingerprint density at radius 1 is 0.554 bits per heavy atom. The quantitative estimate of drug-likeness (QED) is 0.0198. The zero-order chi connectivity index (χ0) is 41.4. The van der Waals surface area contributed by atoms with Gasteiger partial charge < -0.3 is 33.3 Å². The minimum atomic E-state index is -1.63. The zero-order valence-corrected chi connectivity index (χ0v) is 36.5. The molecule has 2 atom stereocenters. The average Bonchev–Trinajstić information content (AvgIpc) is 3.15. The molecule has 0 radical (unpaired) electrons. The van der Waals surface area contributed by atoms with Crippen molar-refractivity contribution in [3.05, 3.63) is 48.6 Å². The van der Waals surface area contributed by atoms with Crippen molar-refractivity contribution in [1.82, 2.24) is 0 Å². The van der Waals surface area contributed by atoms with E-state index >= 15 is 0 Å². The van der Waals surface area contributed by atoms with Gasteiger partial charge in [-0.25, -0.2) is 0 Å². The average molecular weight is 790 g/mol. The van der Waals surface area contributed by atoms with Gasteiger partial charge in [0.2, 0.25) is 0 Å². The van der Waals surface area contributed by atoms with E-state index in [0.29, 0.717) is 17.4 Å². The van der Waals surface area contributed by atoms with Crippen LogP contribution >= 0.6 is 0 Å². The summed E-state index contributed by atoms with van der Waals surface area (Å²) in [5.74, 6) is -2.34. The van der Waals surface area contributed by atoms with Gasteiger partial charge in [0.1, 0.15) is 13.2 Å². The topological polar surface area (TPSA) is 111 Å². The molecule has 0 aliphatic carbocycles. The van der Waals surface area contributed by atoms with Gasteiger partial charge in [0, 0.05) is 12.8 Å². The van der Waals surface area contributed by atoms with Crippen LogP contribution in [0.1, 0.15) is 174 Å². The Kier molecular flexibility index (Phi) is 37.2. The van der Waals surface area contributed by atoms with Gasteiger partial charge in [0.25, 0.3) is 0 Å². The van der Waals surface area contributed by atoms with Gasteiger partial charge in [0.05, 0.1) is 40.3 Å². The van der Waals surface area contributed by atoms with Crippen LogP contribution in [0.2, 0.25) is 0 Å². The first-order chi connectivity index (χ1) is 27.1. The Morgan fingerprint density at radius 2 is 1.02 bits per heavy atom. The Hall–Kier alpha value is -2.75. The van der Waals surface area contributed by atoms with Crippen LogP contribution < -0.4 is 5.11 Å². The maximum absolute atomic E-state index is 12.7. The standard InChI is InChI=1S/C47H83NO8/c1-6-8-10-12-14-16-18-20-22-24-25-27-29-31-33-35-37-44(49)54-41-43(42-55-47(46(51)52)53-40-39-48(3,4)5)56-45(50)38-36-34-32-30-28-26-23-21-19-17-15-13-11-9-7-2/h9,11,15,17,21,23,28,30,43,47H,6-8,10,12-14,16,18-20,22,24-27,29,31-42H2,1-5H3/b11-9-,17-15-,23-21-,30-28-. The molecular formula is C47H83NO8. The molecule has 0 aliphatic heterocycles. The normalized spacial score (nSPS) is 13.4. The Labute approximate surface area is 342 Å². The van der Waals surface area contributed by atoms with Crippen LogP contribution in [-0.2, 0) is 33.3 Å². The molecule has 9 heteroatoms. The number of ether oxygens (including phenoxy) is 4. The van der Waals surface area contributed by atoms with E-state index in [2.05, 4.69) is 62.5 Å². The van der Waals surface area contributed by atoms with Crippen molar-refractivity contribution in [2.24, 2.45) is 0 Å². The summed E-state index contributed by atoms with van der Waals surface area (Å²) in [7, 11) is 5.89. The summed E-state index contributed by atoms with van der Waals surface area (Å²) >= 11 is 0. The molecule has 324 valence electrons. The Morgan fingerprint density at radius 3 is 1.52 bits per heavy atom. The molecule has 0 aromatic carbocycles. The molecular weight excluding hydrogens is 707 g/mol. The van der Waals surface area contributed by atoms with Crippen molar-refractivity contribution >= 4 is 17.9 Å². The number of allylic oxidation sites excluding steroid dienone is 8. The molecule has 0 rings (SSSR count). The van der Waals surface area contributed by atoms with Gasteiger partial charge in [-0.05, 0) is 51.4 Å². The van der Waals surface area contributed by atoms with E-state index in [1.807, 2.05) is 21.1 Å². The lowest BCUT2D eigenvalue weighted by molar-refractivity contribution is -0.870. The van der Waals surface area contributed by atoms with Crippen molar-refractivity contribution in [1.29, 1.82) is 0 Å². The second kappa shape index (κ2) is 39.1. The largest absolute Gasteiger partial charge is 0.545 e. The first kappa shape index (κ1) is 53.2. The summed E-state index contributed by atoms with van der Waals surface area (Å²) in [6.45, 7) is 4.57. The zero-order valence-electron chi connectivity index (χ0n) is 36.5. The fraction of sp³-hybridized carbons (Fsp3) is 0.766. The van der Waals surface area contributed by atoms with Crippen molar-refractivity contribution in [3.63, 3.8) is 0 Å². The first-order valence-corrected chi connectivity index (χ1v) is 22.3. The number of quaternary nitrogens is 1. The summed E-state index contributed by atoms with van der Waals surface area (Å²) in [5, 5.41) is 11.7. The van der Waals surface area contributed by atoms with Gasteiger partial charge in [-0.3, -0.25) is 9.59 Å². The minimum absolute atomic E-state index is 0.139. The Balaban J connectivity index is 4.50. The van der Waals surface area contributed by atoms with Crippen LogP contribution in [0, 0.1) is 0 Å². The monoisotopic (exact) mass is 790 g/mol. The molecule has 0 spiro atoms. The SMILES string of the molecule is CC/C=C\C/C=C\C/C=C\C/C=C\CCCCC(=O)OC(COC(=O)CCCCCCCCCCCCCCCCCC)COC(OCC[N+](C)(C)C)C(=O)[O-]. The van der Waals surface area contributed by atoms with Gasteiger partial charge in [0.15, 0.2) is 12.4 Å². The van der Waals surface area contributed by atoms with Crippen molar-refractivity contribution < 1.29 is 42.9 Å². The van der Waals surface area contributed by atoms with E-state index in [4.69, 9.17) is 18.9 Å². The van der Waals surface area contributed by atoms with Crippen molar-refractivity contribution in [2.45, 2.75) is 187 Å². The second-order valence-electron chi connectivity index (χ2n) is 16.0. The molecule has 0 aliphatic rings. The lowest BCUT2D eigenvalue weighted by Gasteiger charge is -2.26. The third-order valence-corrected chi connectivity index (χ3v) is 9.34. The fourth-order valence-electron chi connectivity index (χ4n) is 5.88. The van der Waals surface area contributed by atoms with Crippen molar-refractivity contribution in [2.75, 3.05) is 47.5 Å². The molecule has 0 fully saturated rings. The highest BCUT2D eigenvalue weighted by molar-refractivity contribution is 5.70. The third kappa shape index (κ3) is 39.5. The van der Waals surface area contributed by atoms with Crippen molar-refractivity contribution in [3.8, 4) is 0 Å². The number of carbonyl (C=O) groups excluding carboxylic acids is 3. The number of carboxylic acids is 1. The molecule has 0 aromatic rings. The van der Waals surface area contributed by atoms with E-state index in [0.717, 1.165) is 57.8 Å². The summed E-state index contributed by atoms with van der Waals surface area (Å²) < 4.78 is 22.5. The molecule has 2 unspecified atom stereocenters. The minimum Gasteiger partial charge on any atom is -0.545 e. The molecule has 0 aromatic heterocycles. The number of hydrogen-bond acceptors (Lipinski definition) is 8. The number of esters is 2. The third-order valence-electron chi connectivity index (χ3n) is 9.34. The number of hydrogen-bond donors (Lipinski definition) is 0. The van der Waals surface area contributed by atoms with E-state index in [-0.39, 0.29) is 38.6 Å². The fourth-order valence-corrected chi connectivity index (χ4v) is 5.88. The smallest absolute Gasteiger partial charge is 0.306 e. The number of nitrogens with zero attached hydrogens (tertiary/aromatic N) is 1. The van der Waals surface area contributed by atoms with E-state index in [9.17, 15) is 19.5 Å². The highest BCUT2D eigenvalue weighted by Crippen LogP contribution is 2.15. The summed E-state index contributed by atoms with van der Waals surface area (Å²) in [6.07, 6.45) is 41.4. The van der Waals surface area contributed by atoms with Gasteiger partial charge >= 0.3 is 11.9 Å². The summed E-state index contributed by atoms with van der Waals surface area (Å²) in [4.78, 5) is 36.9. The predicted molar refractivity (Wildman–Crippen MR) is 228 cm³/mol. The van der Waals surface area contributed by atoms with E-state index in [1.54, 1.807) is 0 Å². The number of carbonyl (C=O) groups is 3. The second-order valence-corrected chi connectivity index (χ2v) is 16.0. The molecule has 0 bridgehead atoms. The number of aliphatic carboxylic acids is 1. The van der Waals surface area contributed by atoms with Crippen LogP contribution in [0.25, 0.3) is 0 Å². The maximum Gasteiger partial charge on any atom is 0.306 e. The molecule has 0 saturated carbocycles. The lowest BCUT2D eigenvalue weighted by atomic mass is 10.0. The van der Waals surface area contributed by atoms with Crippen LogP contribution in [0.15, 0.2) is 48.6 Å². The highest BCUT2D eigenvalue weighted by atomic mass is 16.7. The van der Waals surface area contributed by atoms with E-state index < -0.39 is 24.3 Å². The van der Waals surface area contributed by atoms with Gasteiger partial charge in [-0.2, -0.15) is 0 Å². The maximum atomic E-state index is 12.7. The molecule has 0 N–H and O–H groups in total. The summed E-state index contributed by atoms with van der Waals surface area (Å²) in [5.41, 5.74) is 0. The van der Waals surface area contributed by atoms with E-state index in [1.165, 1.54) is 83.5 Å². The number of likely N-dealkylation sites (N-methyl/N-ethyl adjacent to an activating group) is 1. The molecule has 0 saturated heterocycles. The van der Waals surface area contributed by atoms with Crippen LogP contribution in [0.3, 0.4) is 0 Å². The van der Waals surface area contributed by atoms with Crippen LogP contribution in [0.5, 0.6) is 0 Å². The molecule has 56 heavy (non-hydrogen) atoms. The Bertz CT molecular complexity index is 1060. The number of rotatable bonds is 40. The van der Waals surface area contributed by atoms with Gasteiger partial charge in [-0.1, -0.05) is 159 Å². The van der Waals surface area contributed by atoms with Gasteiger partial charge in [-0.15, -0.1) is 0 Å². The molecule has 0 heterocycles. The summed E-state index contributed by atoms with van der Waals surface area (Å²) in [6, 6.07) is 0. The number of unbranched alkanes of at least 4 members (excludes halogenated alkanes) is 17. The van der Waals surface area contributed by atoms with Crippen LogP contribution in [-0.4, -0.2) is 82.3 Å². The molecule has 0 amide bonds. The molecule has 9 nitrogen and oxygen atoms in total.